The molecule has 1 heterocycles. The quantitative estimate of drug-likeness (QED) is 0.782. The number of hydrogen-bond donors (Lipinski definition) is 2. The normalized spacial score (nSPS) is 27.4. The number of amides is 1. The van der Waals surface area contributed by atoms with E-state index in [-0.39, 0.29) is 18.0 Å². The minimum atomic E-state index is -0.378. The maximum atomic E-state index is 12.0. The van der Waals surface area contributed by atoms with Crippen LogP contribution in [0.4, 0.5) is 0 Å². The molecule has 0 aliphatic carbocycles. The number of nitrogens with one attached hydrogen (secondary N) is 1. The second-order valence-electron chi connectivity index (χ2n) is 7.31. The average molecular weight is 283 g/mol. The molecule has 4 atom stereocenters. The summed E-state index contributed by atoms with van der Waals surface area (Å²) in [5.74, 6) is 1.95. The van der Waals surface area contributed by atoms with Gasteiger partial charge in [-0.05, 0) is 37.5 Å². The number of nitrogens with zero attached hydrogens (tertiary/aromatic N) is 1. The summed E-state index contributed by atoms with van der Waals surface area (Å²) in [6.07, 6.45) is 2.06. The summed E-state index contributed by atoms with van der Waals surface area (Å²) in [6, 6.07) is -0.213. The number of carbonyl (C=O) groups is 1. The number of nitrogens with two attached hydrogens (primary N) is 1. The van der Waals surface area contributed by atoms with Gasteiger partial charge in [0.1, 0.15) is 0 Å². The highest BCUT2D eigenvalue weighted by Gasteiger charge is 2.24. The highest BCUT2D eigenvalue weighted by atomic mass is 16.2. The predicted molar refractivity (Wildman–Crippen MR) is 84.4 cm³/mol. The molecule has 1 saturated heterocycles. The lowest BCUT2D eigenvalue weighted by molar-refractivity contribution is -0.123. The van der Waals surface area contributed by atoms with E-state index in [1.165, 1.54) is 6.42 Å². The van der Waals surface area contributed by atoms with Crippen molar-refractivity contribution in [1.82, 2.24) is 10.2 Å². The minimum absolute atomic E-state index is 0.00990. The lowest BCUT2D eigenvalue weighted by Gasteiger charge is -2.36. The Morgan fingerprint density at radius 3 is 2.30 bits per heavy atom. The van der Waals surface area contributed by atoms with E-state index in [1.807, 2.05) is 0 Å². The molecule has 0 aromatic rings. The second kappa shape index (κ2) is 7.99. The SMILES string of the molecule is CC(C)C[C@H](N)C(=O)NC(C)CN1CC(C)CC(C)C1. The average Bonchev–Trinajstić information content (AvgIpc) is 2.25. The molecule has 1 amide bonds. The number of piperidine rings is 1. The lowest BCUT2D eigenvalue weighted by atomic mass is 9.91. The number of hydrogen-bond acceptors (Lipinski definition) is 3. The van der Waals surface area contributed by atoms with Gasteiger partial charge in [-0.25, -0.2) is 0 Å². The fraction of sp³-hybridized carbons (Fsp3) is 0.938. The molecule has 0 aromatic heterocycles. The molecule has 4 heteroatoms. The maximum Gasteiger partial charge on any atom is 0.237 e. The maximum absolute atomic E-state index is 12.0. The first-order valence-corrected chi connectivity index (χ1v) is 8.06. The fourth-order valence-electron chi connectivity index (χ4n) is 3.34. The van der Waals surface area contributed by atoms with Crippen LogP contribution in [0.25, 0.3) is 0 Å². The van der Waals surface area contributed by atoms with Crippen molar-refractivity contribution >= 4 is 5.91 Å². The van der Waals surface area contributed by atoms with Crippen molar-refractivity contribution in [3.63, 3.8) is 0 Å². The molecule has 0 radical (unpaired) electrons. The Hall–Kier alpha value is -0.610. The van der Waals surface area contributed by atoms with E-state index in [4.69, 9.17) is 5.73 Å². The van der Waals surface area contributed by atoms with E-state index in [2.05, 4.69) is 44.8 Å². The van der Waals surface area contributed by atoms with E-state index >= 15 is 0 Å². The summed E-state index contributed by atoms with van der Waals surface area (Å²) >= 11 is 0. The largest absolute Gasteiger partial charge is 0.351 e. The third-order valence-corrected chi connectivity index (χ3v) is 3.93. The van der Waals surface area contributed by atoms with Crippen molar-refractivity contribution in [2.45, 2.75) is 59.5 Å². The first-order chi connectivity index (χ1) is 9.27. The number of carbonyl (C=O) groups excluding carboxylic acids is 1. The summed E-state index contributed by atoms with van der Waals surface area (Å²) in [4.78, 5) is 14.5. The van der Waals surface area contributed by atoms with Crippen LogP contribution in [0, 0.1) is 17.8 Å². The van der Waals surface area contributed by atoms with Gasteiger partial charge < -0.3 is 16.0 Å². The van der Waals surface area contributed by atoms with E-state index in [9.17, 15) is 4.79 Å². The fourth-order valence-corrected chi connectivity index (χ4v) is 3.34. The van der Waals surface area contributed by atoms with Crippen LogP contribution in [0.3, 0.4) is 0 Å². The third kappa shape index (κ3) is 6.23. The number of rotatable bonds is 6. The minimum Gasteiger partial charge on any atom is -0.351 e. The van der Waals surface area contributed by atoms with Crippen molar-refractivity contribution in [2.24, 2.45) is 23.5 Å². The Labute approximate surface area is 124 Å². The molecule has 1 fully saturated rings. The standard InChI is InChI=1S/C16H33N3O/c1-11(2)6-15(17)16(20)18-14(5)10-19-8-12(3)7-13(4)9-19/h11-15H,6-10,17H2,1-5H3,(H,18,20)/t12?,13?,14?,15-/m0/s1. The molecule has 0 saturated carbocycles. The monoisotopic (exact) mass is 283 g/mol. The molecule has 4 nitrogen and oxygen atoms in total. The van der Waals surface area contributed by atoms with Gasteiger partial charge in [0.15, 0.2) is 0 Å². The Kier molecular flexibility index (Phi) is 6.96. The summed E-state index contributed by atoms with van der Waals surface area (Å²) in [5, 5.41) is 3.06. The van der Waals surface area contributed by atoms with Gasteiger partial charge in [-0.1, -0.05) is 27.7 Å². The van der Waals surface area contributed by atoms with E-state index in [0.29, 0.717) is 5.92 Å². The van der Waals surface area contributed by atoms with Crippen LogP contribution in [0.5, 0.6) is 0 Å². The molecule has 1 aliphatic heterocycles. The Morgan fingerprint density at radius 1 is 1.25 bits per heavy atom. The third-order valence-electron chi connectivity index (χ3n) is 3.93. The summed E-state index contributed by atoms with van der Waals surface area (Å²) < 4.78 is 0. The van der Waals surface area contributed by atoms with Crippen molar-refractivity contribution in [1.29, 1.82) is 0 Å². The molecular formula is C16H33N3O. The second-order valence-corrected chi connectivity index (χ2v) is 7.31. The molecule has 1 aliphatic rings. The summed E-state index contributed by atoms with van der Waals surface area (Å²) in [7, 11) is 0. The molecule has 1 rings (SSSR count). The molecule has 118 valence electrons. The van der Waals surface area contributed by atoms with Crippen molar-refractivity contribution in [3.05, 3.63) is 0 Å². The van der Waals surface area contributed by atoms with Crippen LogP contribution in [-0.2, 0) is 4.79 Å². The van der Waals surface area contributed by atoms with Crippen molar-refractivity contribution in [3.8, 4) is 0 Å². The van der Waals surface area contributed by atoms with Gasteiger partial charge in [0.25, 0.3) is 0 Å². The lowest BCUT2D eigenvalue weighted by Crippen LogP contribution is -2.50. The Bertz CT molecular complexity index is 296. The first-order valence-electron chi connectivity index (χ1n) is 8.06. The van der Waals surface area contributed by atoms with Crippen LogP contribution < -0.4 is 11.1 Å². The zero-order valence-electron chi connectivity index (χ0n) is 13.9. The zero-order chi connectivity index (χ0) is 15.3. The molecule has 20 heavy (non-hydrogen) atoms. The molecular weight excluding hydrogens is 250 g/mol. The van der Waals surface area contributed by atoms with Crippen LogP contribution in [0.1, 0.15) is 47.5 Å². The van der Waals surface area contributed by atoms with E-state index < -0.39 is 0 Å². The van der Waals surface area contributed by atoms with Gasteiger partial charge in [0.2, 0.25) is 5.91 Å². The highest BCUT2D eigenvalue weighted by Crippen LogP contribution is 2.20. The number of likely N-dealkylation sites (tertiary alicyclic amines) is 1. The van der Waals surface area contributed by atoms with E-state index in [1.54, 1.807) is 0 Å². The van der Waals surface area contributed by atoms with Crippen molar-refractivity contribution in [2.75, 3.05) is 19.6 Å². The zero-order valence-corrected chi connectivity index (χ0v) is 13.9. The Morgan fingerprint density at radius 2 is 1.80 bits per heavy atom. The summed E-state index contributed by atoms with van der Waals surface area (Å²) in [5.41, 5.74) is 5.92. The van der Waals surface area contributed by atoms with Crippen molar-refractivity contribution < 1.29 is 4.79 Å². The van der Waals surface area contributed by atoms with Crippen LogP contribution in [-0.4, -0.2) is 42.5 Å². The van der Waals surface area contributed by atoms with Gasteiger partial charge in [0.05, 0.1) is 6.04 Å². The van der Waals surface area contributed by atoms with Gasteiger partial charge in [-0.15, -0.1) is 0 Å². The smallest absolute Gasteiger partial charge is 0.237 e. The molecule has 0 bridgehead atoms. The first kappa shape index (κ1) is 17.4. The predicted octanol–water partition coefficient (Wildman–Crippen LogP) is 1.84. The van der Waals surface area contributed by atoms with Crippen LogP contribution in [0.2, 0.25) is 0 Å². The summed E-state index contributed by atoms with van der Waals surface area (Å²) in [6.45, 7) is 14.1. The van der Waals surface area contributed by atoms with Crippen LogP contribution in [0.15, 0.2) is 0 Å². The molecule has 0 aromatic carbocycles. The van der Waals surface area contributed by atoms with Gasteiger partial charge in [0, 0.05) is 25.7 Å². The molecule has 3 unspecified atom stereocenters. The topological polar surface area (TPSA) is 58.4 Å². The molecule has 3 N–H and O–H groups in total. The van der Waals surface area contributed by atoms with Gasteiger partial charge in [-0.3, -0.25) is 4.79 Å². The van der Waals surface area contributed by atoms with E-state index in [0.717, 1.165) is 37.9 Å². The molecule has 0 spiro atoms. The van der Waals surface area contributed by atoms with Crippen LogP contribution >= 0.6 is 0 Å². The van der Waals surface area contributed by atoms with Gasteiger partial charge >= 0.3 is 0 Å². The Balaban J connectivity index is 2.35. The highest BCUT2D eigenvalue weighted by molar-refractivity contribution is 5.81. The van der Waals surface area contributed by atoms with Gasteiger partial charge in [-0.2, -0.15) is 0 Å².